The van der Waals surface area contributed by atoms with Gasteiger partial charge in [0.05, 0.1) is 12.5 Å². The average Bonchev–Trinajstić information content (AvgIpc) is 2.34. The first-order valence-corrected chi connectivity index (χ1v) is 4.04. The Morgan fingerprint density at radius 1 is 1.82 bits per heavy atom. The molecule has 0 bridgehead atoms. The summed E-state index contributed by atoms with van der Waals surface area (Å²) in [6.07, 6.45) is 0. The lowest BCUT2D eigenvalue weighted by Crippen LogP contribution is -2.19. The molecule has 0 amide bonds. The average molecular weight is 172 g/mol. The van der Waals surface area contributed by atoms with E-state index in [1.165, 1.54) is 11.3 Å². The highest BCUT2D eigenvalue weighted by molar-refractivity contribution is 7.14. The van der Waals surface area contributed by atoms with Crippen LogP contribution in [0.5, 0.6) is 5.88 Å². The summed E-state index contributed by atoms with van der Waals surface area (Å²) in [7, 11) is 0.979. The van der Waals surface area contributed by atoms with E-state index in [0.717, 1.165) is 0 Å². The molecule has 0 aromatic carbocycles. The summed E-state index contributed by atoms with van der Waals surface area (Å²) < 4.78 is 4.85. The molecule has 11 heavy (non-hydrogen) atoms. The molecule has 1 heterocycles. The Kier molecular flexibility index (Phi) is 2.73. The number of anilines is 1. The van der Waals surface area contributed by atoms with Crippen molar-refractivity contribution in [1.29, 1.82) is 0 Å². The summed E-state index contributed by atoms with van der Waals surface area (Å²) in [4.78, 5) is 3.99. The Hall–Kier alpha value is -0.745. The molecule has 6 heteroatoms. The van der Waals surface area contributed by atoms with Gasteiger partial charge in [0.1, 0.15) is 0 Å². The van der Waals surface area contributed by atoms with E-state index in [1.54, 1.807) is 19.3 Å². The molecule has 1 rings (SSSR count). The van der Waals surface area contributed by atoms with E-state index in [9.17, 15) is 0 Å². The molecule has 0 radical (unpaired) electrons. The number of methoxy groups -OCH3 is 1. The van der Waals surface area contributed by atoms with E-state index < -0.39 is 7.05 Å². The van der Waals surface area contributed by atoms with Gasteiger partial charge in [-0.25, -0.2) is 0 Å². The second kappa shape index (κ2) is 3.59. The van der Waals surface area contributed by atoms with Gasteiger partial charge in [-0.15, -0.1) is 11.3 Å². The number of hydrogen-bond donors (Lipinski definition) is 2. The van der Waals surface area contributed by atoms with Crippen LogP contribution >= 0.6 is 11.3 Å². The highest BCUT2D eigenvalue weighted by atomic mass is 32.1. The Labute approximate surface area is 69.4 Å². The Morgan fingerprint density at radius 2 is 2.55 bits per heavy atom. The van der Waals surface area contributed by atoms with Crippen molar-refractivity contribution < 1.29 is 9.76 Å². The summed E-state index contributed by atoms with van der Waals surface area (Å²) in [6.45, 7) is 1.63. The van der Waals surface area contributed by atoms with Gasteiger partial charge in [-0.05, 0) is 6.82 Å². The summed E-state index contributed by atoms with van der Waals surface area (Å²) in [5.41, 5.74) is 0. The van der Waals surface area contributed by atoms with Crippen molar-refractivity contribution in [1.82, 2.24) is 4.98 Å². The van der Waals surface area contributed by atoms with Gasteiger partial charge in [0.2, 0.25) is 5.88 Å². The number of aromatic nitrogens is 1. The maximum atomic E-state index is 8.90. The molecule has 1 aromatic heterocycles. The summed E-state index contributed by atoms with van der Waals surface area (Å²) in [5.74, 6) is 0.568. The number of nitrogens with one attached hydrogen (secondary N) is 1. The maximum Gasteiger partial charge on any atom is 0.408 e. The van der Waals surface area contributed by atoms with Gasteiger partial charge < -0.3 is 15.0 Å². The zero-order chi connectivity index (χ0) is 8.27. The van der Waals surface area contributed by atoms with E-state index in [2.05, 4.69) is 10.2 Å². The first-order chi connectivity index (χ1) is 5.22. The van der Waals surface area contributed by atoms with Crippen molar-refractivity contribution in [3.8, 4) is 5.88 Å². The van der Waals surface area contributed by atoms with Gasteiger partial charge in [-0.1, -0.05) is 0 Å². The van der Waals surface area contributed by atoms with Crippen molar-refractivity contribution >= 4 is 23.5 Å². The largest absolute Gasteiger partial charge is 0.480 e. The minimum Gasteiger partial charge on any atom is -0.480 e. The fourth-order valence-corrected chi connectivity index (χ4v) is 1.34. The molecule has 60 valence electrons. The van der Waals surface area contributed by atoms with E-state index in [4.69, 9.17) is 9.76 Å². The van der Waals surface area contributed by atoms with Gasteiger partial charge in [0.25, 0.3) is 0 Å². The van der Waals surface area contributed by atoms with E-state index in [-0.39, 0.29) is 0 Å². The fraction of sp³-hybridized carbons (Fsp3) is 0.400. The van der Waals surface area contributed by atoms with Gasteiger partial charge in [0, 0.05) is 0 Å². The molecule has 0 fully saturated rings. The molecule has 4 nitrogen and oxygen atoms in total. The van der Waals surface area contributed by atoms with Crippen LogP contribution in [0.15, 0.2) is 5.38 Å². The predicted octanol–water partition coefficient (Wildman–Crippen LogP) is 0.674. The van der Waals surface area contributed by atoms with Crippen LogP contribution in [-0.2, 0) is 0 Å². The van der Waals surface area contributed by atoms with Gasteiger partial charge >= 0.3 is 7.05 Å². The third-order valence-corrected chi connectivity index (χ3v) is 1.78. The highest BCUT2D eigenvalue weighted by Crippen LogP contribution is 2.20. The third kappa shape index (κ3) is 2.40. The van der Waals surface area contributed by atoms with Crippen molar-refractivity contribution in [2.45, 2.75) is 6.82 Å². The molecule has 2 N–H and O–H groups in total. The van der Waals surface area contributed by atoms with E-state index in [0.29, 0.717) is 11.0 Å². The number of rotatable bonds is 3. The molecule has 0 aliphatic heterocycles. The molecule has 0 unspecified atom stereocenters. The summed E-state index contributed by atoms with van der Waals surface area (Å²) in [5, 5.41) is 14.1. The molecule has 0 atom stereocenters. The number of ether oxygens (including phenoxy) is 1. The molecule has 0 saturated carbocycles. The third-order valence-electron chi connectivity index (χ3n) is 1.02. The number of nitrogens with zero attached hydrogens (tertiary/aromatic N) is 1. The standard InChI is InChI=1S/C5H9BN2O2S/c1-6(9)8-5-7-4(10-2)3-11-5/h3,9H,1-2H3,(H,7,8). The normalized spacial score (nSPS) is 9.36. The first-order valence-electron chi connectivity index (χ1n) is 3.16. The van der Waals surface area contributed by atoms with E-state index >= 15 is 0 Å². The molecular weight excluding hydrogens is 163 g/mol. The Balaban J connectivity index is 2.58. The maximum absolute atomic E-state index is 8.90. The van der Waals surface area contributed by atoms with Gasteiger partial charge in [0.15, 0.2) is 5.13 Å². The minimum absolute atomic E-state index is 0.568. The highest BCUT2D eigenvalue weighted by Gasteiger charge is 2.06. The zero-order valence-corrected chi connectivity index (χ0v) is 7.18. The Morgan fingerprint density at radius 3 is 3.00 bits per heavy atom. The smallest absolute Gasteiger partial charge is 0.408 e. The van der Waals surface area contributed by atoms with Crippen LogP contribution in [0.25, 0.3) is 0 Å². The van der Waals surface area contributed by atoms with Crippen LogP contribution in [0.2, 0.25) is 6.82 Å². The predicted molar refractivity (Wildman–Crippen MR) is 46.1 cm³/mol. The molecular formula is C5H9BN2O2S. The zero-order valence-electron chi connectivity index (χ0n) is 6.37. The van der Waals surface area contributed by atoms with Gasteiger partial charge in [-0.2, -0.15) is 4.98 Å². The Bertz CT molecular complexity index is 228. The van der Waals surface area contributed by atoms with E-state index in [1.807, 2.05) is 0 Å². The lowest BCUT2D eigenvalue weighted by Gasteiger charge is -1.98. The second-order valence-corrected chi connectivity index (χ2v) is 2.87. The van der Waals surface area contributed by atoms with Crippen LogP contribution in [0.3, 0.4) is 0 Å². The van der Waals surface area contributed by atoms with Gasteiger partial charge in [-0.3, -0.25) is 0 Å². The monoisotopic (exact) mass is 172 g/mol. The molecule has 0 aliphatic rings. The molecule has 0 spiro atoms. The van der Waals surface area contributed by atoms with Crippen LogP contribution in [0.4, 0.5) is 5.13 Å². The summed E-state index contributed by atoms with van der Waals surface area (Å²) in [6, 6.07) is 0. The molecule has 1 aromatic rings. The van der Waals surface area contributed by atoms with Crippen molar-refractivity contribution in [2.24, 2.45) is 0 Å². The molecule has 0 aliphatic carbocycles. The quantitative estimate of drug-likeness (QED) is 0.658. The van der Waals surface area contributed by atoms with Crippen LogP contribution in [-0.4, -0.2) is 24.2 Å². The lowest BCUT2D eigenvalue weighted by atomic mass is 9.90. The number of thiazole rings is 1. The van der Waals surface area contributed by atoms with Crippen molar-refractivity contribution in [3.05, 3.63) is 5.38 Å². The minimum atomic E-state index is -0.578. The summed E-state index contributed by atoms with van der Waals surface area (Å²) >= 11 is 1.40. The van der Waals surface area contributed by atoms with Crippen LogP contribution in [0.1, 0.15) is 0 Å². The SMILES string of the molecule is COc1csc(NB(C)O)n1. The van der Waals surface area contributed by atoms with Crippen LogP contribution < -0.4 is 9.96 Å². The topological polar surface area (TPSA) is 54.4 Å². The van der Waals surface area contributed by atoms with Crippen molar-refractivity contribution in [3.63, 3.8) is 0 Å². The second-order valence-electron chi connectivity index (χ2n) is 2.02. The lowest BCUT2D eigenvalue weighted by molar-refractivity contribution is 0.401. The molecule has 0 saturated heterocycles. The van der Waals surface area contributed by atoms with Crippen molar-refractivity contribution in [2.75, 3.05) is 12.3 Å². The first kappa shape index (κ1) is 8.35. The fourth-order valence-electron chi connectivity index (χ4n) is 0.598. The number of hydrogen-bond acceptors (Lipinski definition) is 5. The van der Waals surface area contributed by atoms with Crippen LogP contribution in [0, 0.1) is 0 Å².